The molecule has 1 aliphatic rings. The van der Waals surface area contributed by atoms with Crippen LogP contribution in [0.25, 0.3) is 5.69 Å². The first-order valence-electron chi connectivity index (χ1n) is 8.61. The molecule has 0 aliphatic carbocycles. The molecule has 2 aromatic rings. The van der Waals surface area contributed by atoms with Gasteiger partial charge in [0.05, 0.1) is 5.75 Å². The summed E-state index contributed by atoms with van der Waals surface area (Å²) in [6.45, 7) is 7.89. The second-order valence-corrected chi connectivity index (χ2v) is 7.32. The molecule has 0 radical (unpaired) electrons. The van der Waals surface area contributed by atoms with Crippen LogP contribution in [0.5, 0.6) is 0 Å². The first-order valence-corrected chi connectivity index (χ1v) is 9.59. The van der Waals surface area contributed by atoms with Crippen LogP contribution in [0.4, 0.5) is 0 Å². The number of nitrogens with zero attached hydrogens (tertiary/aromatic N) is 5. The molecule has 1 fully saturated rings. The minimum atomic E-state index is 0.0631. The van der Waals surface area contributed by atoms with Crippen LogP contribution in [-0.4, -0.2) is 68.3 Å². The predicted molar refractivity (Wildman–Crippen MR) is 100 cm³/mol. The molecule has 1 aromatic carbocycles. The van der Waals surface area contributed by atoms with Gasteiger partial charge >= 0.3 is 0 Å². The van der Waals surface area contributed by atoms with Crippen molar-refractivity contribution < 1.29 is 9.59 Å². The summed E-state index contributed by atoms with van der Waals surface area (Å²) < 4.78 is 1.96. The molecule has 7 nitrogen and oxygen atoms in total. The minimum absolute atomic E-state index is 0.0631. The van der Waals surface area contributed by atoms with E-state index in [1.54, 1.807) is 11.8 Å². The Hall–Kier alpha value is -2.35. The van der Waals surface area contributed by atoms with Crippen molar-refractivity contribution in [3.63, 3.8) is 0 Å². The normalized spacial score (nSPS) is 14.6. The molecule has 0 atom stereocenters. The van der Waals surface area contributed by atoms with E-state index in [2.05, 4.69) is 10.2 Å². The summed E-state index contributed by atoms with van der Waals surface area (Å²) >= 11 is 1.39. The van der Waals surface area contributed by atoms with E-state index in [9.17, 15) is 9.59 Å². The van der Waals surface area contributed by atoms with Gasteiger partial charge < -0.3 is 9.80 Å². The van der Waals surface area contributed by atoms with Crippen LogP contribution in [-0.2, 0) is 9.59 Å². The number of benzene rings is 1. The molecule has 8 heteroatoms. The molecule has 1 aromatic heterocycles. The fraction of sp³-hybridized carbons (Fsp3) is 0.444. The Kier molecular flexibility index (Phi) is 5.61. The second kappa shape index (κ2) is 7.90. The Balaban J connectivity index is 1.63. The molecular formula is C18H23N5O2S. The van der Waals surface area contributed by atoms with Gasteiger partial charge in [-0.2, -0.15) is 0 Å². The van der Waals surface area contributed by atoms with Crippen LogP contribution in [0.3, 0.4) is 0 Å². The van der Waals surface area contributed by atoms with Crippen LogP contribution in [0.1, 0.15) is 18.3 Å². The van der Waals surface area contributed by atoms with Gasteiger partial charge in [-0.1, -0.05) is 29.5 Å². The summed E-state index contributed by atoms with van der Waals surface area (Å²) in [6.07, 6.45) is 0. The number of piperazine rings is 1. The predicted octanol–water partition coefficient (Wildman–Crippen LogP) is 1.67. The minimum Gasteiger partial charge on any atom is -0.339 e. The van der Waals surface area contributed by atoms with Crippen molar-refractivity contribution in [2.75, 3.05) is 31.9 Å². The monoisotopic (exact) mass is 373 g/mol. The highest BCUT2D eigenvalue weighted by molar-refractivity contribution is 7.99. The lowest BCUT2D eigenvalue weighted by molar-refractivity contribution is -0.136. The molecule has 0 unspecified atom stereocenters. The average Bonchev–Trinajstić information content (AvgIpc) is 3.01. The van der Waals surface area contributed by atoms with Gasteiger partial charge in [0.1, 0.15) is 5.82 Å². The van der Waals surface area contributed by atoms with Crippen molar-refractivity contribution in [3.8, 4) is 5.69 Å². The quantitative estimate of drug-likeness (QED) is 0.763. The Bertz CT molecular complexity index is 794. The molecule has 1 aliphatic heterocycles. The second-order valence-electron chi connectivity index (χ2n) is 6.38. The molecule has 2 heterocycles. The lowest BCUT2D eigenvalue weighted by Gasteiger charge is -2.34. The number of carbonyl (C=O) groups excluding carboxylic acids is 2. The molecule has 0 saturated carbocycles. The molecule has 3 rings (SSSR count). The molecule has 0 spiro atoms. The first kappa shape index (κ1) is 18.4. The number of amides is 2. The van der Waals surface area contributed by atoms with Crippen molar-refractivity contribution in [3.05, 3.63) is 35.7 Å². The number of hydrogen-bond donors (Lipinski definition) is 0. The molecule has 0 bridgehead atoms. The third kappa shape index (κ3) is 4.07. The third-order valence-corrected chi connectivity index (χ3v) is 5.40. The van der Waals surface area contributed by atoms with Crippen LogP contribution >= 0.6 is 11.8 Å². The van der Waals surface area contributed by atoms with Gasteiger partial charge in [-0.25, -0.2) is 0 Å². The molecule has 0 N–H and O–H groups in total. The van der Waals surface area contributed by atoms with E-state index in [-0.39, 0.29) is 11.8 Å². The van der Waals surface area contributed by atoms with Crippen LogP contribution in [0, 0.1) is 13.8 Å². The Morgan fingerprint density at radius 3 is 2.23 bits per heavy atom. The molecule has 1 saturated heterocycles. The number of thioether (sulfide) groups is 1. The van der Waals surface area contributed by atoms with Crippen molar-refractivity contribution in [1.29, 1.82) is 0 Å². The largest absolute Gasteiger partial charge is 0.339 e. The van der Waals surface area contributed by atoms with Crippen LogP contribution in [0.15, 0.2) is 29.4 Å². The molecular weight excluding hydrogens is 350 g/mol. The van der Waals surface area contributed by atoms with Crippen molar-refractivity contribution in [1.82, 2.24) is 24.6 Å². The van der Waals surface area contributed by atoms with Crippen molar-refractivity contribution in [2.24, 2.45) is 0 Å². The van der Waals surface area contributed by atoms with Gasteiger partial charge in [0, 0.05) is 38.8 Å². The number of rotatable bonds is 4. The third-order valence-electron chi connectivity index (χ3n) is 4.49. The fourth-order valence-electron chi connectivity index (χ4n) is 2.92. The zero-order valence-corrected chi connectivity index (χ0v) is 16.1. The lowest BCUT2D eigenvalue weighted by Crippen LogP contribution is -2.50. The van der Waals surface area contributed by atoms with Gasteiger partial charge in [0.25, 0.3) is 0 Å². The van der Waals surface area contributed by atoms with E-state index in [4.69, 9.17) is 0 Å². The highest BCUT2D eigenvalue weighted by atomic mass is 32.2. The van der Waals surface area contributed by atoms with Gasteiger partial charge in [-0.3, -0.25) is 14.2 Å². The van der Waals surface area contributed by atoms with E-state index in [0.717, 1.165) is 11.5 Å². The van der Waals surface area contributed by atoms with E-state index in [1.807, 2.05) is 47.6 Å². The highest BCUT2D eigenvalue weighted by Gasteiger charge is 2.23. The summed E-state index contributed by atoms with van der Waals surface area (Å²) in [5, 5.41) is 9.09. The van der Waals surface area contributed by atoms with Gasteiger partial charge in [-0.05, 0) is 26.0 Å². The maximum Gasteiger partial charge on any atom is 0.233 e. The summed E-state index contributed by atoms with van der Waals surface area (Å²) in [5.74, 6) is 1.23. The SMILES string of the molecule is CC(=O)N1CCN(C(=O)CSc2nnc(C)n2-c2ccc(C)cc2)CC1. The Morgan fingerprint density at radius 2 is 1.62 bits per heavy atom. The number of carbonyl (C=O) groups is 2. The zero-order valence-electron chi connectivity index (χ0n) is 15.3. The number of hydrogen-bond acceptors (Lipinski definition) is 5. The number of aromatic nitrogens is 3. The maximum atomic E-state index is 12.5. The van der Waals surface area contributed by atoms with Gasteiger partial charge in [-0.15, -0.1) is 10.2 Å². The number of aryl methyl sites for hydroxylation is 2. The summed E-state index contributed by atoms with van der Waals surface area (Å²) in [7, 11) is 0. The van der Waals surface area contributed by atoms with Crippen molar-refractivity contribution >= 4 is 23.6 Å². The molecule has 138 valence electrons. The smallest absolute Gasteiger partial charge is 0.233 e. The van der Waals surface area contributed by atoms with Crippen LogP contribution in [0.2, 0.25) is 0 Å². The van der Waals surface area contributed by atoms with Crippen molar-refractivity contribution in [2.45, 2.75) is 25.9 Å². The topological polar surface area (TPSA) is 71.3 Å². The first-order chi connectivity index (χ1) is 12.5. The fourth-order valence-corrected chi connectivity index (χ4v) is 3.82. The van der Waals surface area contributed by atoms with Gasteiger partial charge in [0.2, 0.25) is 11.8 Å². The Morgan fingerprint density at radius 1 is 1.00 bits per heavy atom. The van der Waals surface area contributed by atoms with Crippen LogP contribution < -0.4 is 0 Å². The summed E-state index contributed by atoms with van der Waals surface area (Å²) in [6, 6.07) is 8.14. The van der Waals surface area contributed by atoms with E-state index in [0.29, 0.717) is 37.1 Å². The zero-order chi connectivity index (χ0) is 18.7. The van der Waals surface area contributed by atoms with E-state index >= 15 is 0 Å². The van der Waals surface area contributed by atoms with E-state index in [1.165, 1.54) is 17.3 Å². The summed E-state index contributed by atoms with van der Waals surface area (Å²) in [5.41, 5.74) is 2.18. The lowest BCUT2D eigenvalue weighted by atomic mass is 10.2. The van der Waals surface area contributed by atoms with Gasteiger partial charge in [0.15, 0.2) is 5.16 Å². The highest BCUT2D eigenvalue weighted by Crippen LogP contribution is 2.22. The standard InChI is InChI=1S/C18H23N5O2S/c1-13-4-6-16(7-5-13)23-14(2)19-20-18(23)26-12-17(25)22-10-8-21(9-11-22)15(3)24/h4-7H,8-12H2,1-3H3. The maximum absolute atomic E-state index is 12.5. The Labute approximate surface area is 157 Å². The molecule has 26 heavy (non-hydrogen) atoms. The van der Waals surface area contributed by atoms with E-state index < -0.39 is 0 Å². The molecule has 2 amide bonds. The summed E-state index contributed by atoms with van der Waals surface area (Å²) in [4.78, 5) is 27.5. The average molecular weight is 373 g/mol.